The lowest BCUT2D eigenvalue weighted by molar-refractivity contribution is -0.134. The van der Waals surface area contributed by atoms with E-state index in [-0.39, 0.29) is 37.0 Å². The molecule has 35 heavy (non-hydrogen) atoms. The lowest BCUT2D eigenvalue weighted by atomic mass is 10.0. The van der Waals surface area contributed by atoms with Gasteiger partial charge in [-0.2, -0.15) is 4.31 Å². The van der Waals surface area contributed by atoms with Crippen LogP contribution in [0.25, 0.3) is 0 Å². The molecule has 0 unspecified atom stereocenters. The largest absolute Gasteiger partial charge is 0.351 e. The predicted molar refractivity (Wildman–Crippen MR) is 137 cm³/mol. The van der Waals surface area contributed by atoms with E-state index in [1.54, 1.807) is 12.1 Å². The zero-order valence-corrected chi connectivity index (χ0v) is 22.1. The summed E-state index contributed by atoms with van der Waals surface area (Å²) in [4.78, 5) is 26.9. The van der Waals surface area contributed by atoms with Crippen LogP contribution in [0.15, 0.2) is 53.4 Å². The SMILES string of the molecule is CC(=O)N1CCN(S(=O)(=O)c2ccc(CC(C)C)cc2)[C@@H](C(=O)NCc2ccc(C(C)C)cc2)C1. The summed E-state index contributed by atoms with van der Waals surface area (Å²) < 4.78 is 28.3. The third-order valence-corrected chi connectivity index (χ3v) is 8.29. The summed E-state index contributed by atoms with van der Waals surface area (Å²) in [6, 6.07) is 13.9. The number of piperazine rings is 1. The van der Waals surface area contributed by atoms with Crippen molar-refractivity contribution in [2.24, 2.45) is 5.92 Å². The maximum absolute atomic E-state index is 13.5. The van der Waals surface area contributed by atoms with Crippen molar-refractivity contribution in [3.8, 4) is 0 Å². The number of benzene rings is 2. The number of carbonyl (C=O) groups excluding carboxylic acids is 2. The van der Waals surface area contributed by atoms with Gasteiger partial charge >= 0.3 is 0 Å². The van der Waals surface area contributed by atoms with E-state index in [0.29, 0.717) is 11.8 Å². The number of amides is 2. The predicted octanol–water partition coefficient (Wildman–Crippen LogP) is 3.55. The average Bonchev–Trinajstić information content (AvgIpc) is 2.82. The second-order valence-electron chi connectivity index (χ2n) is 9.95. The van der Waals surface area contributed by atoms with Gasteiger partial charge in [-0.05, 0) is 47.1 Å². The third kappa shape index (κ3) is 6.70. The molecule has 0 saturated carbocycles. The molecule has 7 nitrogen and oxygen atoms in total. The summed E-state index contributed by atoms with van der Waals surface area (Å²) in [5.74, 6) is 0.287. The highest BCUT2D eigenvalue weighted by atomic mass is 32.2. The monoisotopic (exact) mass is 499 g/mol. The summed E-state index contributed by atoms with van der Waals surface area (Å²) >= 11 is 0. The number of nitrogens with zero attached hydrogens (tertiary/aromatic N) is 2. The Bertz CT molecular complexity index is 1130. The molecule has 0 bridgehead atoms. The number of nitrogens with one attached hydrogen (secondary N) is 1. The van der Waals surface area contributed by atoms with Crippen LogP contribution in [0.1, 0.15) is 57.2 Å². The van der Waals surface area contributed by atoms with Gasteiger partial charge in [-0.25, -0.2) is 8.42 Å². The fourth-order valence-corrected chi connectivity index (χ4v) is 5.86. The molecule has 1 N–H and O–H groups in total. The molecule has 8 heteroatoms. The van der Waals surface area contributed by atoms with Crippen molar-refractivity contribution in [3.05, 3.63) is 65.2 Å². The molecule has 1 atom stereocenters. The minimum Gasteiger partial charge on any atom is -0.351 e. The minimum absolute atomic E-state index is 0.0259. The molecular formula is C27H37N3O4S. The molecule has 0 aromatic heterocycles. The smallest absolute Gasteiger partial charge is 0.243 e. The molecule has 2 amide bonds. The van der Waals surface area contributed by atoms with Crippen molar-refractivity contribution in [3.63, 3.8) is 0 Å². The van der Waals surface area contributed by atoms with E-state index in [0.717, 1.165) is 17.5 Å². The van der Waals surface area contributed by atoms with E-state index in [1.165, 1.54) is 21.7 Å². The molecule has 1 aliphatic rings. The Balaban J connectivity index is 1.79. The van der Waals surface area contributed by atoms with Crippen molar-refractivity contribution >= 4 is 21.8 Å². The maximum atomic E-state index is 13.5. The molecule has 2 aromatic carbocycles. The summed E-state index contributed by atoms with van der Waals surface area (Å²) in [7, 11) is -3.91. The number of sulfonamides is 1. The highest BCUT2D eigenvalue weighted by molar-refractivity contribution is 7.89. The summed E-state index contributed by atoms with van der Waals surface area (Å²) in [5.41, 5.74) is 3.20. The average molecular weight is 500 g/mol. The first kappa shape index (κ1) is 26.9. The molecule has 1 saturated heterocycles. The molecule has 190 valence electrons. The van der Waals surface area contributed by atoms with Gasteiger partial charge in [0.15, 0.2) is 0 Å². The molecule has 1 aliphatic heterocycles. The van der Waals surface area contributed by atoms with Gasteiger partial charge in [0, 0.05) is 33.1 Å². The Morgan fingerprint density at radius 1 is 0.943 bits per heavy atom. The lowest BCUT2D eigenvalue weighted by Crippen LogP contribution is -2.61. The van der Waals surface area contributed by atoms with Crippen LogP contribution in [0.2, 0.25) is 0 Å². The first-order valence-electron chi connectivity index (χ1n) is 12.2. The zero-order chi connectivity index (χ0) is 25.8. The van der Waals surface area contributed by atoms with E-state index in [1.807, 2.05) is 36.4 Å². The Hall–Kier alpha value is -2.71. The maximum Gasteiger partial charge on any atom is 0.243 e. The van der Waals surface area contributed by atoms with Gasteiger partial charge in [0.05, 0.1) is 4.90 Å². The normalized spacial score (nSPS) is 17.1. The first-order valence-corrected chi connectivity index (χ1v) is 13.7. The van der Waals surface area contributed by atoms with Crippen molar-refractivity contribution in [1.82, 2.24) is 14.5 Å². The van der Waals surface area contributed by atoms with Crippen LogP contribution in [-0.2, 0) is 32.6 Å². The van der Waals surface area contributed by atoms with E-state index >= 15 is 0 Å². The summed E-state index contributed by atoms with van der Waals surface area (Å²) in [6.45, 7) is 10.5. The van der Waals surface area contributed by atoms with Gasteiger partial charge in [-0.15, -0.1) is 0 Å². The van der Waals surface area contributed by atoms with Crippen LogP contribution in [-0.4, -0.2) is 55.1 Å². The second kappa shape index (κ2) is 11.4. The van der Waals surface area contributed by atoms with Crippen molar-refractivity contribution < 1.29 is 18.0 Å². The number of rotatable bonds is 8. The fraction of sp³-hybridized carbons (Fsp3) is 0.481. The third-order valence-electron chi connectivity index (χ3n) is 6.37. The summed E-state index contributed by atoms with van der Waals surface area (Å²) in [6.07, 6.45) is 0.862. The lowest BCUT2D eigenvalue weighted by Gasteiger charge is -2.39. The van der Waals surface area contributed by atoms with E-state index in [9.17, 15) is 18.0 Å². The topological polar surface area (TPSA) is 86.8 Å². The van der Waals surface area contributed by atoms with Gasteiger partial charge < -0.3 is 10.2 Å². The second-order valence-corrected chi connectivity index (χ2v) is 11.8. The number of carbonyl (C=O) groups is 2. The molecule has 2 aromatic rings. The van der Waals surface area contributed by atoms with Crippen LogP contribution in [0, 0.1) is 5.92 Å². The molecule has 0 spiro atoms. The van der Waals surface area contributed by atoms with Crippen LogP contribution in [0.5, 0.6) is 0 Å². The molecule has 3 rings (SSSR count). The van der Waals surface area contributed by atoms with Gasteiger partial charge in [0.1, 0.15) is 6.04 Å². The molecule has 0 radical (unpaired) electrons. The van der Waals surface area contributed by atoms with Crippen molar-refractivity contribution in [2.75, 3.05) is 19.6 Å². The molecule has 1 heterocycles. The quantitative estimate of drug-likeness (QED) is 0.602. The van der Waals surface area contributed by atoms with Crippen LogP contribution in [0.3, 0.4) is 0 Å². The Labute approximate surface area is 209 Å². The van der Waals surface area contributed by atoms with Gasteiger partial charge in [0.25, 0.3) is 0 Å². The van der Waals surface area contributed by atoms with Gasteiger partial charge in [-0.3, -0.25) is 9.59 Å². The molecule has 1 fully saturated rings. The zero-order valence-electron chi connectivity index (χ0n) is 21.3. The Morgan fingerprint density at radius 3 is 2.09 bits per heavy atom. The highest BCUT2D eigenvalue weighted by Crippen LogP contribution is 2.23. The van der Waals surface area contributed by atoms with E-state index < -0.39 is 22.0 Å². The van der Waals surface area contributed by atoms with Crippen molar-refractivity contribution in [1.29, 1.82) is 0 Å². The van der Waals surface area contributed by atoms with Crippen LogP contribution in [0.4, 0.5) is 0 Å². The minimum atomic E-state index is -3.91. The van der Waals surface area contributed by atoms with Gasteiger partial charge in [0.2, 0.25) is 21.8 Å². The Morgan fingerprint density at radius 2 is 1.54 bits per heavy atom. The van der Waals surface area contributed by atoms with E-state index in [4.69, 9.17) is 0 Å². The van der Waals surface area contributed by atoms with Crippen molar-refractivity contribution in [2.45, 2.75) is 64.4 Å². The van der Waals surface area contributed by atoms with Crippen LogP contribution >= 0.6 is 0 Å². The highest BCUT2D eigenvalue weighted by Gasteiger charge is 2.40. The molecule has 0 aliphatic carbocycles. The number of hydrogen-bond donors (Lipinski definition) is 1. The van der Waals surface area contributed by atoms with E-state index in [2.05, 4.69) is 33.0 Å². The first-order chi connectivity index (χ1) is 16.5. The standard InChI is InChI=1S/C27H37N3O4S/c1-19(2)16-22-8-12-25(13-9-22)35(33,34)30-15-14-29(21(5)31)18-26(30)27(32)28-17-23-6-10-24(11-7-23)20(3)4/h6-13,19-20,26H,14-18H2,1-5H3,(H,28,32)/t26-/m1/s1. The number of hydrogen-bond acceptors (Lipinski definition) is 4. The molecular weight excluding hydrogens is 462 g/mol. The Kier molecular flexibility index (Phi) is 8.72. The van der Waals surface area contributed by atoms with Gasteiger partial charge in [-0.1, -0.05) is 64.1 Å². The fourth-order valence-electron chi connectivity index (χ4n) is 4.29. The van der Waals surface area contributed by atoms with Crippen LogP contribution < -0.4 is 5.32 Å². The summed E-state index contributed by atoms with van der Waals surface area (Å²) in [5, 5.41) is 2.88.